The highest BCUT2D eigenvalue weighted by atomic mass is 16.5. The van der Waals surface area contributed by atoms with Gasteiger partial charge >= 0.3 is 0 Å². The van der Waals surface area contributed by atoms with E-state index in [0.29, 0.717) is 22.8 Å². The topological polar surface area (TPSA) is 145 Å². The zero-order chi connectivity index (χ0) is 21.3. The van der Waals surface area contributed by atoms with Gasteiger partial charge in [-0.1, -0.05) is 6.07 Å². The van der Waals surface area contributed by atoms with E-state index < -0.39 is 5.91 Å². The van der Waals surface area contributed by atoms with E-state index in [4.69, 9.17) is 9.47 Å². The van der Waals surface area contributed by atoms with E-state index in [0.717, 1.165) is 0 Å². The number of carbonyl (C=O) groups is 2. The molecule has 12 heteroatoms. The molecule has 154 valence electrons. The number of aryl methyl sites for hydroxylation is 1. The highest BCUT2D eigenvalue weighted by molar-refractivity contribution is 6.03. The number of aromatic nitrogens is 5. The van der Waals surface area contributed by atoms with Gasteiger partial charge in [-0.3, -0.25) is 14.3 Å². The Labute approximate surface area is 170 Å². The summed E-state index contributed by atoms with van der Waals surface area (Å²) in [6, 6.07) is 5.36. The van der Waals surface area contributed by atoms with Gasteiger partial charge in [-0.25, -0.2) is 4.98 Å². The van der Waals surface area contributed by atoms with Crippen molar-refractivity contribution in [1.82, 2.24) is 30.3 Å². The van der Waals surface area contributed by atoms with Crippen LogP contribution in [0, 0.1) is 0 Å². The van der Waals surface area contributed by atoms with Crippen LogP contribution in [0.25, 0.3) is 11.4 Å². The minimum atomic E-state index is -0.477. The third-order valence-corrected chi connectivity index (χ3v) is 4.30. The minimum absolute atomic E-state index is 0.00387. The van der Waals surface area contributed by atoms with Gasteiger partial charge < -0.3 is 25.4 Å². The first kappa shape index (κ1) is 19.1. The molecule has 0 aliphatic carbocycles. The van der Waals surface area contributed by atoms with Crippen LogP contribution in [0.4, 0.5) is 17.2 Å². The maximum atomic E-state index is 12.4. The Kier molecular flexibility index (Phi) is 4.88. The lowest BCUT2D eigenvalue weighted by Gasteiger charge is -2.22. The quantitative estimate of drug-likeness (QED) is 0.554. The molecule has 0 unspecified atom stereocenters. The molecule has 2 amide bonds. The number of fused-ring (bicyclic) bond motifs is 1. The lowest BCUT2D eigenvalue weighted by Crippen LogP contribution is -2.29. The molecule has 3 N–H and O–H groups in total. The predicted molar refractivity (Wildman–Crippen MR) is 106 cm³/mol. The second kappa shape index (κ2) is 7.66. The van der Waals surface area contributed by atoms with Crippen LogP contribution in [0.2, 0.25) is 0 Å². The van der Waals surface area contributed by atoms with Crippen molar-refractivity contribution in [2.75, 3.05) is 31.4 Å². The SMILES string of the molecule is CNC(=O)c1nnc2c(c1Nc1cccc(-c3ncn(C)n3)c1OC)OCC(=O)N2. The van der Waals surface area contributed by atoms with Gasteiger partial charge in [0.05, 0.1) is 18.4 Å². The second-order valence-electron chi connectivity index (χ2n) is 6.27. The molecule has 12 nitrogen and oxygen atoms in total. The van der Waals surface area contributed by atoms with E-state index in [1.54, 1.807) is 30.2 Å². The van der Waals surface area contributed by atoms with E-state index in [1.807, 2.05) is 6.07 Å². The molecule has 3 aromatic rings. The summed E-state index contributed by atoms with van der Waals surface area (Å²) in [5.74, 6) is 0.403. The molecule has 1 aliphatic heterocycles. The largest absolute Gasteiger partial charge is 0.494 e. The molecule has 0 saturated carbocycles. The van der Waals surface area contributed by atoms with Crippen molar-refractivity contribution in [3.8, 4) is 22.9 Å². The molecular weight excluding hydrogens is 392 g/mol. The van der Waals surface area contributed by atoms with Crippen LogP contribution in [-0.2, 0) is 11.8 Å². The first-order valence-electron chi connectivity index (χ1n) is 8.87. The molecular formula is C18H18N8O4. The van der Waals surface area contributed by atoms with Gasteiger partial charge in [0, 0.05) is 14.1 Å². The zero-order valence-corrected chi connectivity index (χ0v) is 16.4. The highest BCUT2D eigenvalue weighted by Gasteiger charge is 2.28. The minimum Gasteiger partial charge on any atom is -0.494 e. The van der Waals surface area contributed by atoms with Gasteiger partial charge in [0.25, 0.3) is 11.8 Å². The molecule has 0 spiro atoms. The van der Waals surface area contributed by atoms with E-state index in [2.05, 4.69) is 36.2 Å². The maximum Gasteiger partial charge on any atom is 0.273 e. The number of carbonyl (C=O) groups excluding carboxylic acids is 2. The van der Waals surface area contributed by atoms with E-state index in [9.17, 15) is 9.59 Å². The van der Waals surface area contributed by atoms with Crippen molar-refractivity contribution >= 4 is 29.0 Å². The molecule has 0 saturated heterocycles. The second-order valence-corrected chi connectivity index (χ2v) is 6.27. The van der Waals surface area contributed by atoms with Gasteiger partial charge in [-0.15, -0.1) is 10.2 Å². The maximum absolute atomic E-state index is 12.4. The van der Waals surface area contributed by atoms with Crippen molar-refractivity contribution in [3.05, 3.63) is 30.2 Å². The standard InChI is InChI=1S/C18H18N8O4/c1-19-18(28)13-12(15-17(24-23-13)22-11(27)7-30-15)21-10-6-4-5-9(14(10)29-3)16-20-8-26(2)25-16/h4-6,8H,7H2,1-3H3,(H,19,28)(H2,21,22,24,27). The molecule has 1 aromatic carbocycles. The lowest BCUT2D eigenvalue weighted by atomic mass is 10.1. The number of anilines is 3. The van der Waals surface area contributed by atoms with Gasteiger partial charge in [0.15, 0.2) is 35.4 Å². The number of para-hydroxylation sites is 1. The van der Waals surface area contributed by atoms with Crippen LogP contribution >= 0.6 is 0 Å². The molecule has 1 aliphatic rings. The summed E-state index contributed by atoms with van der Waals surface area (Å²) in [4.78, 5) is 28.3. The van der Waals surface area contributed by atoms with Crippen LogP contribution in [0.15, 0.2) is 24.5 Å². The summed E-state index contributed by atoms with van der Waals surface area (Å²) in [6.07, 6.45) is 1.58. The Hall–Kier alpha value is -4.22. The van der Waals surface area contributed by atoms with E-state index in [1.165, 1.54) is 14.2 Å². The van der Waals surface area contributed by atoms with Crippen molar-refractivity contribution < 1.29 is 19.1 Å². The Morgan fingerprint density at radius 2 is 2.17 bits per heavy atom. The number of nitrogens with zero attached hydrogens (tertiary/aromatic N) is 5. The van der Waals surface area contributed by atoms with Crippen LogP contribution in [0.3, 0.4) is 0 Å². The Morgan fingerprint density at radius 3 is 2.87 bits per heavy atom. The number of rotatable bonds is 5. The molecule has 2 aromatic heterocycles. The van der Waals surface area contributed by atoms with Gasteiger partial charge in [-0.05, 0) is 12.1 Å². The first-order chi connectivity index (χ1) is 14.5. The Morgan fingerprint density at radius 1 is 1.33 bits per heavy atom. The Bertz CT molecular complexity index is 1140. The highest BCUT2D eigenvalue weighted by Crippen LogP contribution is 2.41. The average Bonchev–Trinajstić information content (AvgIpc) is 3.19. The fraction of sp³-hybridized carbons (Fsp3) is 0.222. The summed E-state index contributed by atoms with van der Waals surface area (Å²) in [5, 5.41) is 20.4. The van der Waals surface area contributed by atoms with Crippen LogP contribution in [0.1, 0.15) is 10.5 Å². The number of nitrogens with one attached hydrogen (secondary N) is 3. The number of amides is 2. The van der Waals surface area contributed by atoms with Crippen molar-refractivity contribution in [3.63, 3.8) is 0 Å². The summed E-state index contributed by atoms with van der Waals surface area (Å²) >= 11 is 0. The zero-order valence-electron chi connectivity index (χ0n) is 16.4. The number of methoxy groups -OCH3 is 1. The number of hydrogen-bond donors (Lipinski definition) is 3. The van der Waals surface area contributed by atoms with Crippen molar-refractivity contribution in [2.45, 2.75) is 0 Å². The third kappa shape index (κ3) is 3.34. The molecule has 30 heavy (non-hydrogen) atoms. The van der Waals surface area contributed by atoms with Gasteiger partial charge in [0.1, 0.15) is 12.0 Å². The molecule has 0 radical (unpaired) electrons. The number of benzene rings is 1. The smallest absolute Gasteiger partial charge is 0.273 e. The summed E-state index contributed by atoms with van der Waals surface area (Å²) < 4.78 is 12.7. The Balaban J connectivity index is 1.84. The van der Waals surface area contributed by atoms with Crippen LogP contribution in [0.5, 0.6) is 11.5 Å². The lowest BCUT2D eigenvalue weighted by molar-refractivity contribution is -0.118. The number of hydrogen-bond acceptors (Lipinski definition) is 9. The fourth-order valence-electron chi connectivity index (χ4n) is 2.97. The molecule has 4 rings (SSSR count). The predicted octanol–water partition coefficient (Wildman–Crippen LogP) is 0.715. The van der Waals surface area contributed by atoms with Crippen LogP contribution in [-0.4, -0.2) is 57.5 Å². The summed E-state index contributed by atoms with van der Waals surface area (Å²) in [7, 11) is 4.76. The molecule has 0 atom stereocenters. The molecule has 0 bridgehead atoms. The number of ether oxygens (including phenoxy) is 2. The normalized spacial score (nSPS) is 12.4. The molecule has 0 fully saturated rings. The fourth-order valence-corrected chi connectivity index (χ4v) is 2.97. The van der Waals surface area contributed by atoms with Gasteiger partial charge in [-0.2, -0.15) is 5.10 Å². The van der Waals surface area contributed by atoms with E-state index >= 15 is 0 Å². The van der Waals surface area contributed by atoms with E-state index in [-0.39, 0.29) is 35.5 Å². The monoisotopic (exact) mass is 410 g/mol. The van der Waals surface area contributed by atoms with Crippen molar-refractivity contribution in [2.24, 2.45) is 7.05 Å². The van der Waals surface area contributed by atoms with Gasteiger partial charge in [0.2, 0.25) is 0 Å². The summed E-state index contributed by atoms with van der Waals surface area (Å²) in [6.45, 7) is -0.213. The molecule has 3 heterocycles. The average molecular weight is 410 g/mol. The third-order valence-electron chi connectivity index (χ3n) is 4.30. The summed E-state index contributed by atoms with van der Waals surface area (Å²) in [5.41, 5.74) is 1.40. The first-order valence-corrected chi connectivity index (χ1v) is 8.87. The van der Waals surface area contributed by atoms with Crippen molar-refractivity contribution in [1.29, 1.82) is 0 Å². The van der Waals surface area contributed by atoms with Crippen LogP contribution < -0.4 is 25.4 Å².